The Bertz CT molecular complexity index is 1030. The first-order valence-corrected chi connectivity index (χ1v) is 10.9. The van der Waals surface area contributed by atoms with Gasteiger partial charge in [0.1, 0.15) is 11.9 Å². The molecule has 148 valence electrons. The SMILES string of the molecule is CCc1ccc(C2=N[C@@H](c3ccc(Cl)cc3)N[C@@H](c3cc(Br)ccc3O)C2)cc1. The molecular weight excluding hydrogens is 448 g/mol. The van der Waals surface area contributed by atoms with Crippen LogP contribution < -0.4 is 5.32 Å². The van der Waals surface area contributed by atoms with Crippen molar-refractivity contribution in [3.8, 4) is 5.75 Å². The second kappa shape index (κ2) is 8.70. The number of aliphatic imine (C=N–C) groups is 1. The Morgan fingerprint density at radius 2 is 1.79 bits per heavy atom. The minimum atomic E-state index is -0.217. The molecule has 0 fully saturated rings. The summed E-state index contributed by atoms with van der Waals surface area (Å²) < 4.78 is 0.937. The van der Waals surface area contributed by atoms with E-state index in [0.717, 1.165) is 33.3 Å². The summed E-state index contributed by atoms with van der Waals surface area (Å²) in [6, 6.07) is 21.8. The number of halogens is 2. The molecule has 29 heavy (non-hydrogen) atoms. The van der Waals surface area contributed by atoms with Crippen LogP contribution in [0.4, 0.5) is 0 Å². The van der Waals surface area contributed by atoms with E-state index in [1.54, 1.807) is 6.07 Å². The van der Waals surface area contributed by atoms with Gasteiger partial charge < -0.3 is 5.11 Å². The summed E-state index contributed by atoms with van der Waals surface area (Å²) in [5.41, 5.74) is 5.34. The van der Waals surface area contributed by atoms with Gasteiger partial charge >= 0.3 is 0 Å². The maximum Gasteiger partial charge on any atom is 0.126 e. The molecule has 1 aliphatic rings. The van der Waals surface area contributed by atoms with E-state index in [1.165, 1.54) is 5.56 Å². The number of phenolic OH excluding ortho intramolecular Hbond substituents is 1. The van der Waals surface area contributed by atoms with E-state index in [0.29, 0.717) is 11.4 Å². The van der Waals surface area contributed by atoms with Crippen molar-refractivity contribution in [2.24, 2.45) is 4.99 Å². The Morgan fingerprint density at radius 3 is 2.48 bits per heavy atom. The number of benzene rings is 3. The highest BCUT2D eigenvalue weighted by Gasteiger charge is 2.27. The predicted molar refractivity (Wildman–Crippen MR) is 123 cm³/mol. The Morgan fingerprint density at radius 1 is 1.07 bits per heavy atom. The topological polar surface area (TPSA) is 44.6 Å². The molecule has 0 spiro atoms. The van der Waals surface area contributed by atoms with Crippen LogP contribution in [0.2, 0.25) is 5.02 Å². The highest BCUT2D eigenvalue weighted by molar-refractivity contribution is 9.10. The van der Waals surface area contributed by atoms with Gasteiger partial charge in [-0.15, -0.1) is 0 Å². The fraction of sp³-hybridized carbons (Fsp3) is 0.208. The Labute approximate surface area is 184 Å². The van der Waals surface area contributed by atoms with Crippen LogP contribution in [-0.4, -0.2) is 10.8 Å². The van der Waals surface area contributed by atoms with E-state index in [4.69, 9.17) is 16.6 Å². The van der Waals surface area contributed by atoms with Gasteiger partial charge in [-0.2, -0.15) is 0 Å². The molecule has 3 aromatic carbocycles. The molecule has 0 aromatic heterocycles. The molecule has 2 atom stereocenters. The molecule has 5 heteroatoms. The number of nitrogens with zero attached hydrogens (tertiary/aromatic N) is 1. The van der Waals surface area contributed by atoms with Gasteiger partial charge in [0, 0.05) is 33.2 Å². The van der Waals surface area contributed by atoms with Gasteiger partial charge in [0.2, 0.25) is 0 Å². The van der Waals surface area contributed by atoms with E-state index in [-0.39, 0.29) is 18.0 Å². The van der Waals surface area contributed by atoms with Crippen molar-refractivity contribution in [1.29, 1.82) is 0 Å². The van der Waals surface area contributed by atoms with Crippen LogP contribution in [0, 0.1) is 0 Å². The van der Waals surface area contributed by atoms with E-state index in [2.05, 4.69) is 52.4 Å². The average Bonchev–Trinajstić information content (AvgIpc) is 2.75. The Kier molecular flexibility index (Phi) is 6.04. The maximum atomic E-state index is 10.5. The monoisotopic (exact) mass is 468 g/mol. The molecule has 0 saturated carbocycles. The highest BCUT2D eigenvalue weighted by atomic mass is 79.9. The second-order valence-electron chi connectivity index (χ2n) is 7.21. The fourth-order valence-electron chi connectivity index (χ4n) is 3.63. The van der Waals surface area contributed by atoms with E-state index < -0.39 is 0 Å². The summed E-state index contributed by atoms with van der Waals surface area (Å²) in [5.74, 6) is 0.281. The Hall–Kier alpha value is -2.14. The lowest BCUT2D eigenvalue weighted by Gasteiger charge is -2.31. The average molecular weight is 470 g/mol. The lowest BCUT2D eigenvalue weighted by molar-refractivity contribution is 0.412. The van der Waals surface area contributed by atoms with Crippen molar-refractivity contribution >= 4 is 33.2 Å². The first-order chi connectivity index (χ1) is 14.0. The van der Waals surface area contributed by atoms with Crippen LogP contribution in [0.25, 0.3) is 0 Å². The van der Waals surface area contributed by atoms with Gasteiger partial charge in [0.25, 0.3) is 0 Å². The maximum absolute atomic E-state index is 10.5. The van der Waals surface area contributed by atoms with Crippen LogP contribution in [-0.2, 0) is 6.42 Å². The molecule has 0 unspecified atom stereocenters. The summed E-state index contributed by atoms with van der Waals surface area (Å²) in [6.07, 6.45) is 1.49. The molecule has 3 nitrogen and oxygen atoms in total. The van der Waals surface area contributed by atoms with E-state index in [9.17, 15) is 5.11 Å². The van der Waals surface area contributed by atoms with Gasteiger partial charge in [-0.25, -0.2) is 0 Å². The van der Waals surface area contributed by atoms with Crippen molar-refractivity contribution in [1.82, 2.24) is 5.32 Å². The van der Waals surface area contributed by atoms with E-state index in [1.807, 2.05) is 36.4 Å². The van der Waals surface area contributed by atoms with Crippen molar-refractivity contribution in [3.05, 3.63) is 98.5 Å². The molecular formula is C24H22BrClN2O. The zero-order valence-corrected chi connectivity index (χ0v) is 18.4. The van der Waals surface area contributed by atoms with Crippen molar-refractivity contribution in [2.75, 3.05) is 0 Å². The number of nitrogens with one attached hydrogen (secondary N) is 1. The first kappa shape index (κ1) is 20.1. The number of aryl methyl sites for hydroxylation is 1. The van der Waals surface area contributed by atoms with Crippen LogP contribution in [0.3, 0.4) is 0 Å². The van der Waals surface area contributed by atoms with Gasteiger partial charge in [0.05, 0.1) is 0 Å². The zero-order chi connectivity index (χ0) is 20.4. The summed E-state index contributed by atoms with van der Waals surface area (Å²) in [6.45, 7) is 2.15. The number of hydrogen-bond acceptors (Lipinski definition) is 3. The molecule has 3 aromatic rings. The molecule has 0 bridgehead atoms. The summed E-state index contributed by atoms with van der Waals surface area (Å²) in [7, 11) is 0. The van der Waals surface area contributed by atoms with E-state index >= 15 is 0 Å². The minimum absolute atomic E-state index is 0.0634. The van der Waals surface area contributed by atoms with Gasteiger partial charge in [0.15, 0.2) is 0 Å². The van der Waals surface area contributed by atoms with Crippen LogP contribution in [0.5, 0.6) is 5.75 Å². The normalized spacial score (nSPS) is 19.1. The summed E-state index contributed by atoms with van der Waals surface area (Å²) in [4.78, 5) is 5.00. The van der Waals surface area contributed by atoms with Gasteiger partial charge in [-0.1, -0.05) is 70.9 Å². The third kappa shape index (κ3) is 4.55. The lowest BCUT2D eigenvalue weighted by atomic mass is 9.93. The largest absolute Gasteiger partial charge is 0.508 e. The third-order valence-corrected chi connectivity index (χ3v) is 6.03. The van der Waals surface area contributed by atoms with Crippen LogP contribution in [0.1, 0.15) is 47.8 Å². The fourth-order valence-corrected chi connectivity index (χ4v) is 4.14. The molecule has 0 radical (unpaired) electrons. The number of rotatable bonds is 4. The quantitative estimate of drug-likeness (QED) is 0.452. The molecule has 0 amide bonds. The number of aromatic hydroxyl groups is 1. The summed E-state index contributed by atoms with van der Waals surface area (Å²) in [5, 5.41) is 14.8. The minimum Gasteiger partial charge on any atom is -0.508 e. The van der Waals surface area contributed by atoms with Crippen molar-refractivity contribution in [2.45, 2.75) is 32.0 Å². The molecule has 0 saturated heterocycles. The molecule has 1 aliphatic heterocycles. The van der Waals surface area contributed by atoms with Crippen molar-refractivity contribution < 1.29 is 5.11 Å². The smallest absolute Gasteiger partial charge is 0.126 e. The third-order valence-electron chi connectivity index (χ3n) is 5.29. The van der Waals surface area contributed by atoms with Crippen LogP contribution >= 0.6 is 27.5 Å². The predicted octanol–water partition coefficient (Wildman–Crippen LogP) is 6.59. The number of phenols is 1. The second-order valence-corrected chi connectivity index (χ2v) is 8.56. The summed E-state index contributed by atoms with van der Waals surface area (Å²) >= 11 is 9.60. The van der Waals surface area contributed by atoms with Crippen LogP contribution in [0.15, 0.2) is 76.2 Å². The lowest BCUT2D eigenvalue weighted by Crippen LogP contribution is -2.33. The molecule has 2 N–H and O–H groups in total. The Balaban J connectivity index is 1.75. The molecule has 4 rings (SSSR count). The van der Waals surface area contributed by atoms with Gasteiger partial charge in [-0.3, -0.25) is 10.3 Å². The number of hydrogen-bond donors (Lipinski definition) is 2. The van der Waals surface area contributed by atoms with Crippen molar-refractivity contribution in [3.63, 3.8) is 0 Å². The molecule has 0 aliphatic carbocycles. The standard InChI is InChI=1S/C24H22BrClN2O/c1-2-15-3-5-16(6-4-15)21-14-22(20-13-18(25)9-12-23(20)29)28-24(27-21)17-7-10-19(26)11-8-17/h3-13,22,24,28-29H,2,14H2,1H3/t22-,24-/m1/s1. The van der Waals surface area contributed by atoms with Gasteiger partial charge in [-0.05, 0) is 53.4 Å². The zero-order valence-electron chi connectivity index (χ0n) is 16.1. The first-order valence-electron chi connectivity index (χ1n) is 9.69. The highest BCUT2D eigenvalue weighted by Crippen LogP contribution is 2.36. The molecule has 1 heterocycles.